The Balaban J connectivity index is 1.53. The predicted molar refractivity (Wildman–Crippen MR) is 149 cm³/mol. The summed E-state index contributed by atoms with van der Waals surface area (Å²) in [5, 5.41) is 0.703. The van der Waals surface area contributed by atoms with Gasteiger partial charge in [-0.15, -0.1) is 0 Å². The summed E-state index contributed by atoms with van der Waals surface area (Å²) < 4.78 is 6.29. The van der Waals surface area contributed by atoms with Gasteiger partial charge in [-0.2, -0.15) is 0 Å². The Morgan fingerprint density at radius 3 is 2.27 bits per heavy atom. The summed E-state index contributed by atoms with van der Waals surface area (Å²) in [4.78, 5) is 30.9. The molecule has 0 saturated carbocycles. The number of hydrogen-bond donors (Lipinski definition) is 0. The van der Waals surface area contributed by atoms with Gasteiger partial charge in [-0.1, -0.05) is 44.5 Å². The Hall–Kier alpha value is -2.53. The van der Waals surface area contributed by atoms with Crippen LogP contribution in [0.15, 0.2) is 42.5 Å². The van der Waals surface area contributed by atoms with Gasteiger partial charge in [0.15, 0.2) is 0 Å². The fourth-order valence-electron chi connectivity index (χ4n) is 5.51. The molecule has 5 nitrogen and oxygen atoms in total. The molecule has 6 heteroatoms. The van der Waals surface area contributed by atoms with Crippen molar-refractivity contribution in [1.29, 1.82) is 0 Å². The van der Waals surface area contributed by atoms with Gasteiger partial charge in [-0.25, -0.2) is 0 Å². The molecule has 2 aromatic carbocycles. The van der Waals surface area contributed by atoms with E-state index in [0.717, 1.165) is 50.1 Å². The van der Waals surface area contributed by atoms with Gasteiger partial charge in [0.25, 0.3) is 5.91 Å². The van der Waals surface area contributed by atoms with Crippen LogP contribution in [0, 0.1) is 12.3 Å². The van der Waals surface area contributed by atoms with E-state index in [1.165, 1.54) is 12.0 Å². The number of rotatable bonds is 6. The standard InChI is InChI=1S/C31H41ClN2O3/c1-23-19-26(13-14-27(23)32)37-22-31(20-28(35)33-16-6-5-7-17-33)15-8-18-34(21-31)29(36)24-9-11-25(12-10-24)30(2,3)4/h9-14,19H,5-8,15-18,20-22H2,1-4H3/t31-/m1/s1. The molecule has 2 saturated heterocycles. The molecule has 37 heavy (non-hydrogen) atoms. The molecule has 200 valence electrons. The number of carbonyl (C=O) groups is 2. The molecule has 0 radical (unpaired) electrons. The SMILES string of the molecule is Cc1cc(OC[C@@]2(CC(=O)N3CCCCC3)CCCN(C(=O)c3ccc(C(C)(C)C)cc3)C2)ccc1Cl. The first-order valence-electron chi connectivity index (χ1n) is 13.6. The van der Waals surface area contributed by atoms with Crippen LogP contribution in [0.3, 0.4) is 0 Å². The van der Waals surface area contributed by atoms with E-state index in [0.29, 0.717) is 36.7 Å². The van der Waals surface area contributed by atoms with Crippen molar-refractivity contribution >= 4 is 23.4 Å². The Bertz CT molecular complexity index is 1100. The maximum absolute atomic E-state index is 13.6. The van der Waals surface area contributed by atoms with Crippen molar-refractivity contribution < 1.29 is 14.3 Å². The number of carbonyl (C=O) groups excluding carboxylic acids is 2. The molecule has 4 rings (SSSR count). The first-order valence-corrected chi connectivity index (χ1v) is 14.0. The van der Waals surface area contributed by atoms with Gasteiger partial charge in [-0.05, 0) is 85.9 Å². The van der Waals surface area contributed by atoms with E-state index in [4.69, 9.17) is 16.3 Å². The minimum Gasteiger partial charge on any atom is -0.493 e. The zero-order valence-corrected chi connectivity index (χ0v) is 23.6. The van der Waals surface area contributed by atoms with Gasteiger partial charge < -0.3 is 14.5 Å². The molecule has 2 aliphatic rings. The highest BCUT2D eigenvalue weighted by Crippen LogP contribution is 2.37. The molecule has 0 unspecified atom stereocenters. The lowest BCUT2D eigenvalue weighted by atomic mass is 9.77. The molecule has 2 heterocycles. The second-order valence-electron chi connectivity index (χ2n) is 12.0. The summed E-state index contributed by atoms with van der Waals surface area (Å²) in [6, 6.07) is 13.6. The summed E-state index contributed by atoms with van der Waals surface area (Å²) in [6.07, 6.45) is 5.41. The molecular formula is C31H41ClN2O3. The number of piperidine rings is 2. The van der Waals surface area contributed by atoms with Crippen LogP contribution in [0.4, 0.5) is 0 Å². The maximum atomic E-state index is 13.6. The minimum atomic E-state index is -0.429. The van der Waals surface area contributed by atoms with Crippen molar-refractivity contribution in [1.82, 2.24) is 9.80 Å². The third-order valence-corrected chi connectivity index (χ3v) is 8.28. The van der Waals surface area contributed by atoms with Crippen LogP contribution < -0.4 is 4.74 Å². The van der Waals surface area contributed by atoms with Crippen LogP contribution in [0.25, 0.3) is 0 Å². The smallest absolute Gasteiger partial charge is 0.253 e. The zero-order valence-electron chi connectivity index (χ0n) is 22.8. The van der Waals surface area contributed by atoms with E-state index in [9.17, 15) is 9.59 Å². The summed E-state index contributed by atoms with van der Waals surface area (Å²) in [5.74, 6) is 0.949. The zero-order chi connectivity index (χ0) is 26.6. The number of benzene rings is 2. The van der Waals surface area contributed by atoms with Gasteiger partial charge in [0.05, 0.1) is 6.61 Å². The Morgan fingerprint density at radius 1 is 0.946 bits per heavy atom. The number of ether oxygens (including phenoxy) is 1. The second kappa shape index (κ2) is 11.5. The third-order valence-electron chi connectivity index (χ3n) is 7.86. The van der Waals surface area contributed by atoms with Crippen molar-refractivity contribution in [3.8, 4) is 5.75 Å². The van der Waals surface area contributed by atoms with E-state index < -0.39 is 5.41 Å². The molecule has 0 N–H and O–H groups in total. The number of likely N-dealkylation sites (tertiary alicyclic amines) is 2. The highest BCUT2D eigenvalue weighted by Gasteiger charge is 2.41. The quantitative estimate of drug-likeness (QED) is 0.425. The maximum Gasteiger partial charge on any atom is 0.253 e. The average Bonchev–Trinajstić information content (AvgIpc) is 2.89. The van der Waals surface area contributed by atoms with E-state index in [-0.39, 0.29) is 17.2 Å². The minimum absolute atomic E-state index is 0.0253. The van der Waals surface area contributed by atoms with Gasteiger partial charge in [-0.3, -0.25) is 9.59 Å². The number of nitrogens with zero attached hydrogens (tertiary/aromatic N) is 2. The topological polar surface area (TPSA) is 49.9 Å². The fourth-order valence-corrected chi connectivity index (χ4v) is 5.63. The van der Waals surface area contributed by atoms with Crippen LogP contribution in [0.1, 0.15) is 80.8 Å². The molecular weight excluding hydrogens is 484 g/mol. The van der Waals surface area contributed by atoms with Crippen molar-refractivity contribution in [2.24, 2.45) is 5.41 Å². The first kappa shape index (κ1) is 27.5. The van der Waals surface area contributed by atoms with E-state index in [1.54, 1.807) is 0 Å². The highest BCUT2D eigenvalue weighted by molar-refractivity contribution is 6.31. The lowest BCUT2D eigenvalue weighted by Crippen LogP contribution is -2.51. The second-order valence-corrected chi connectivity index (χ2v) is 12.4. The Morgan fingerprint density at radius 2 is 1.62 bits per heavy atom. The molecule has 2 aromatic rings. The van der Waals surface area contributed by atoms with Crippen molar-refractivity contribution in [2.45, 2.75) is 71.6 Å². The third kappa shape index (κ3) is 6.87. The number of amides is 2. The number of aryl methyl sites for hydroxylation is 1. The van der Waals surface area contributed by atoms with Crippen LogP contribution >= 0.6 is 11.6 Å². The van der Waals surface area contributed by atoms with Crippen molar-refractivity contribution in [2.75, 3.05) is 32.8 Å². The molecule has 0 aliphatic carbocycles. The van der Waals surface area contributed by atoms with Crippen LogP contribution in [-0.4, -0.2) is 54.4 Å². The normalized spacial score (nSPS) is 20.6. The largest absolute Gasteiger partial charge is 0.493 e. The Kier molecular flexibility index (Phi) is 8.52. The van der Waals surface area contributed by atoms with E-state index in [1.807, 2.05) is 47.1 Å². The average molecular weight is 525 g/mol. The monoisotopic (exact) mass is 524 g/mol. The summed E-state index contributed by atoms with van der Waals surface area (Å²) >= 11 is 6.21. The lowest BCUT2D eigenvalue weighted by molar-refractivity contribution is -0.136. The summed E-state index contributed by atoms with van der Waals surface area (Å²) in [5.41, 5.74) is 2.46. The van der Waals surface area contributed by atoms with Crippen LogP contribution in [0.5, 0.6) is 5.75 Å². The van der Waals surface area contributed by atoms with Crippen LogP contribution in [0.2, 0.25) is 5.02 Å². The lowest BCUT2D eigenvalue weighted by Gasteiger charge is -2.43. The van der Waals surface area contributed by atoms with E-state index >= 15 is 0 Å². The molecule has 0 aromatic heterocycles. The molecule has 1 atom stereocenters. The molecule has 0 bridgehead atoms. The number of hydrogen-bond acceptors (Lipinski definition) is 3. The molecule has 2 fully saturated rings. The summed E-state index contributed by atoms with van der Waals surface area (Å²) in [7, 11) is 0. The Labute approximate surface area is 227 Å². The van der Waals surface area contributed by atoms with Crippen molar-refractivity contribution in [3.63, 3.8) is 0 Å². The van der Waals surface area contributed by atoms with Gasteiger partial charge >= 0.3 is 0 Å². The molecule has 2 amide bonds. The first-order chi connectivity index (χ1) is 17.6. The van der Waals surface area contributed by atoms with E-state index in [2.05, 4.69) is 32.9 Å². The number of halogens is 1. The summed E-state index contributed by atoms with van der Waals surface area (Å²) in [6.45, 7) is 11.7. The van der Waals surface area contributed by atoms with Gasteiger partial charge in [0.1, 0.15) is 5.75 Å². The predicted octanol–water partition coefficient (Wildman–Crippen LogP) is 6.65. The molecule has 0 spiro atoms. The van der Waals surface area contributed by atoms with Crippen molar-refractivity contribution in [3.05, 3.63) is 64.2 Å². The fraction of sp³-hybridized carbons (Fsp3) is 0.548. The van der Waals surface area contributed by atoms with Gasteiger partial charge in [0, 0.05) is 48.6 Å². The van der Waals surface area contributed by atoms with Gasteiger partial charge in [0.2, 0.25) is 5.91 Å². The highest BCUT2D eigenvalue weighted by atomic mass is 35.5. The van der Waals surface area contributed by atoms with Crippen LogP contribution in [-0.2, 0) is 10.2 Å². The molecule has 2 aliphatic heterocycles.